The van der Waals surface area contributed by atoms with Gasteiger partial charge in [0.1, 0.15) is 11.0 Å². The van der Waals surface area contributed by atoms with Gasteiger partial charge in [0.15, 0.2) is 0 Å². The van der Waals surface area contributed by atoms with Crippen LogP contribution >= 0.6 is 46.2 Å². The average Bonchev–Trinajstić information content (AvgIpc) is 3.71. The quantitative estimate of drug-likeness (QED) is 0.443. The molecule has 8 nitrogen and oxygen atoms in total. The number of aromatic nitrogens is 4. The standard InChI is InChI=1S/C12H16N4S2.C8H15NO2S.C3H3NS/c13-10-7-15-16(8-10)11(12-14-3-6-18-12)9-1-4-17-5-2-9;1-9(11-2)8(10)7-3-5-12-6-4-7;1-2-5-3-4-1/h3,6-9,11H,1-2,4-5,13H2;7H,3-6H2,1-2H3;1-3H. The highest BCUT2D eigenvalue weighted by Gasteiger charge is 2.29. The molecule has 2 N–H and O–H groups in total. The van der Waals surface area contributed by atoms with Crippen molar-refractivity contribution in [3.63, 3.8) is 0 Å². The molecule has 0 bridgehead atoms. The van der Waals surface area contributed by atoms with Gasteiger partial charge >= 0.3 is 0 Å². The molecule has 35 heavy (non-hydrogen) atoms. The summed E-state index contributed by atoms with van der Waals surface area (Å²) in [4.78, 5) is 24.6. The Kier molecular flexibility index (Phi) is 12.4. The summed E-state index contributed by atoms with van der Waals surface area (Å²) < 4.78 is 1.99. The second-order valence-corrected chi connectivity index (χ2v) is 12.2. The molecule has 0 saturated carbocycles. The third-order valence-corrected chi connectivity index (χ3v) is 9.29. The first-order chi connectivity index (χ1) is 17.1. The van der Waals surface area contributed by atoms with Crippen LogP contribution in [0.4, 0.5) is 5.69 Å². The smallest absolute Gasteiger partial charge is 0.249 e. The van der Waals surface area contributed by atoms with Gasteiger partial charge in [0, 0.05) is 42.3 Å². The van der Waals surface area contributed by atoms with Crippen molar-refractivity contribution in [2.45, 2.75) is 31.7 Å². The highest BCUT2D eigenvalue weighted by atomic mass is 32.2. The molecule has 2 aliphatic heterocycles. The SMILES string of the molecule is CON(C)C(=O)C1CCSCC1.Nc1cnn(C(c2nccs2)C2CCSCC2)c1.c1cscn1. The van der Waals surface area contributed by atoms with Crippen molar-refractivity contribution in [3.8, 4) is 0 Å². The number of hydrogen-bond acceptors (Lipinski definition) is 10. The predicted octanol–water partition coefficient (Wildman–Crippen LogP) is 4.95. The van der Waals surface area contributed by atoms with E-state index < -0.39 is 0 Å². The van der Waals surface area contributed by atoms with Gasteiger partial charge in [0.25, 0.3) is 0 Å². The molecule has 2 aliphatic rings. The van der Waals surface area contributed by atoms with Crippen molar-refractivity contribution in [1.29, 1.82) is 0 Å². The van der Waals surface area contributed by atoms with Gasteiger partial charge in [0.05, 0.1) is 24.5 Å². The molecular weight excluding hydrogens is 521 g/mol. The third-order valence-electron chi connectivity index (χ3n) is 5.83. The third kappa shape index (κ3) is 9.09. The van der Waals surface area contributed by atoms with Gasteiger partial charge in [-0.3, -0.25) is 19.3 Å². The highest BCUT2D eigenvalue weighted by Crippen LogP contribution is 2.36. The Balaban J connectivity index is 0.000000173. The molecule has 2 fully saturated rings. The van der Waals surface area contributed by atoms with E-state index in [2.05, 4.69) is 15.1 Å². The lowest BCUT2D eigenvalue weighted by Gasteiger charge is -2.28. The van der Waals surface area contributed by atoms with Crippen LogP contribution in [0.3, 0.4) is 0 Å². The normalized spacial score (nSPS) is 17.4. The molecule has 3 aromatic heterocycles. The minimum Gasteiger partial charge on any atom is -0.396 e. The molecule has 5 heterocycles. The Hall–Kier alpha value is -1.60. The number of carbonyl (C=O) groups is 1. The van der Waals surface area contributed by atoms with Crippen LogP contribution in [0.1, 0.15) is 36.7 Å². The van der Waals surface area contributed by atoms with E-state index in [1.54, 1.807) is 47.6 Å². The van der Waals surface area contributed by atoms with Gasteiger partial charge in [-0.1, -0.05) is 0 Å². The highest BCUT2D eigenvalue weighted by molar-refractivity contribution is 7.99. The fourth-order valence-electron chi connectivity index (χ4n) is 3.92. The van der Waals surface area contributed by atoms with E-state index in [1.165, 1.54) is 36.5 Å². The summed E-state index contributed by atoms with van der Waals surface area (Å²) in [5.74, 6) is 5.62. The first-order valence-corrected chi connectivity index (χ1v) is 15.7. The first kappa shape index (κ1) is 28.0. The molecule has 192 valence electrons. The van der Waals surface area contributed by atoms with Crippen LogP contribution in [0.25, 0.3) is 0 Å². The maximum Gasteiger partial charge on any atom is 0.249 e. The second kappa shape index (κ2) is 15.5. The summed E-state index contributed by atoms with van der Waals surface area (Å²) in [6.45, 7) is 0. The number of hydrogen-bond donors (Lipinski definition) is 1. The molecule has 3 aromatic rings. The lowest BCUT2D eigenvalue weighted by molar-refractivity contribution is -0.173. The topological polar surface area (TPSA) is 99.2 Å². The second-order valence-electron chi connectivity index (χ2n) is 8.10. The average molecular weight is 555 g/mol. The molecular formula is C23H34N6O2S4. The minimum atomic E-state index is 0.123. The molecule has 1 atom stereocenters. The van der Waals surface area contributed by atoms with Crippen molar-refractivity contribution >= 4 is 57.8 Å². The Bertz CT molecular complexity index is 924. The van der Waals surface area contributed by atoms with Crippen LogP contribution in [0.15, 0.2) is 41.1 Å². The van der Waals surface area contributed by atoms with Gasteiger partial charge in [-0.15, -0.1) is 22.7 Å². The van der Waals surface area contributed by atoms with Crippen LogP contribution in [0, 0.1) is 11.8 Å². The first-order valence-electron chi connectivity index (χ1n) is 11.6. The van der Waals surface area contributed by atoms with Crippen LogP contribution in [0.2, 0.25) is 0 Å². The minimum absolute atomic E-state index is 0.123. The van der Waals surface area contributed by atoms with Gasteiger partial charge in [0.2, 0.25) is 5.91 Å². The van der Waals surface area contributed by atoms with Crippen molar-refractivity contribution in [3.05, 3.63) is 46.1 Å². The summed E-state index contributed by atoms with van der Waals surface area (Å²) in [5, 5.41) is 10.8. The molecule has 0 spiro atoms. The van der Waals surface area contributed by atoms with E-state index in [0.29, 0.717) is 5.92 Å². The summed E-state index contributed by atoms with van der Waals surface area (Å²) in [6, 6.07) is 0.253. The number of hydroxylamine groups is 2. The Labute approximate surface area is 224 Å². The Morgan fingerprint density at radius 2 is 1.86 bits per heavy atom. The fraction of sp³-hybridized carbons (Fsp3) is 0.565. The van der Waals surface area contributed by atoms with E-state index >= 15 is 0 Å². The number of amides is 1. The summed E-state index contributed by atoms with van der Waals surface area (Å²) in [7, 11) is 3.19. The van der Waals surface area contributed by atoms with Crippen LogP contribution < -0.4 is 5.73 Å². The number of nitrogens with zero attached hydrogens (tertiary/aromatic N) is 5. The lowest BCUT2D eigenvalue weighted by atomic mass is 9.94. The van der Waals surface area contributed by atoms with Gasteiger partial charge in [-0.2, -0.15) is 28.6 Å². The Morgan fingerprint density at radius 3 is 2.34 bits per heavy atom. The largest absolute Gasteiger partial charge is 0.396 e. The molecule has 0 radical (unpaired) electrons. The van der Waals surface area contributed by atoms with Gasteiger partial charge in [-0.25, -0.2) is 10.0 Å². The number of thiazole rings is 2. The molecule has 5 rings (SSSR count). The molecule has 0 aromatic carbocycles. The number of nitrogen functional groups attached to an aromatic ring is 1. The zero-order chi connectivity index (χ0) is 24.9. The summed E-state index contributed by atoms with van der Waals surface area (Å²) in [6.07, 6.45) is 11.7. The number of anilines is 1. The van der Waals surface area contributed by atoms with E-state index in [1.807, 2.05) is 51.4 Å². The van der Waals surface area contributed by atoms with E-state index in [4.69, 9.17) is 10.6 Å². The predicted molar refractivity (Wildman–Crippen MR) is 149 cm³/mol. The van der Waals surface area contributed by atoms with Crippen molar-refractivity contribution < 1.29 is 9.63 Å². The molecule has 1 amide bonds. The van der Waals surface area contributed by atoms with Crippen molar-refractivity contribution in [2.75, 3.05) is 42.9 Å². The van der Waals surface area contributed by atoms with E-state index in [-0.39, 0.29) is 17.9 Å². The summed E-state index contributed by atoms with van der Waals surface area (Å²) >= 11 is 7.28. The van der Waals surface area contributed by atoms with Crippen molar-refractivity contribution in [1.82, 2.24) is 24.8 Å². The maximum atomic E-state index is 11.5. The van der Waals surface area contributed by atoms with Crippen LogP contribution in [-0.4, -0.2) is 67.9 Å². The maximum absolute atomic E-state index is 11.5. The van der Waals surface area contributed by atoms with Crippen molar-refractivity contribution in [2.24, 2.45) is 11.8 Å². The van der Waals surface area contributed by atoms with E-state index in [9.17, 15) is 4.79 Å². The number of carbonyl (C=O) groups excluding carboxylic acids is 1. The van der Waals surface area contributed by atoms with Crippen LogP contribution in [-0.2, 0) is 9.63 Å². The van der Waals surface area contributed by atoms with Gasteiger partial charge < -0.3 is 5.73 Å². The number of nitrogens with two attached hydrogens (primary N) is 1. The molecule has 12 heteroatoms. The zero-order valence-electron chi connectivity index (χ0n) is 20.2. The lowest BCUT2D eigenvalue weighted by Crippen LogP contribution is -2.33. The molecule has 1 unspecified atom stereocenters. The van der Waals surface area contributed by atoms with E-state index in [0.717, 1.165) is 35.0 Å². The van der Waals surface area contributed by atoms with Crippen LogP contribution in [0.5, 0.6) is 0 Å². The number of thioether (sulfide) groups is 2. The van der Waals surface area contributed by atoms with Gasteiger partial charge in [-0.05, 0) is 54.6 Å². The summed E-state index contributed by atoms with van der Waals surface area (Å²) in [5.41, 5.74) is 8.31. The fourth-order valence-corrected chi connectivity index (χ4v) is 7.34. The number of rotatable bonds is 5. The monoisotopic (exact) mass is 554 g/mol. The molecule has 0 aliphatic carbocycles. The molecule has 2 saturated heterocycles. The Morgan fingerprint density at radius 1 is 1.14 bits per heavy atom. The zero-order valence-corrected chi connectivity index (χ0v) is 23.5.